The molecule has 0 unspecified atom stereocenters. The molecule has 0 saturated heterocycles. The number of benzene rings is 10. The number of pyridine rings is 1. The summed E-state index contributed by atoms with van der Waals surface area (Å²) in [7, 11) is 0. The van der Waals surface area contributed by atoms with Gasteiger partial charge in [-0.1, -0.05) is 220 Å². The average Bonchev–Trinajstić information content (AvgIpc) is 1.70. The number of nitrogens with zero attached hydrogens (tertiary/aromatic N) is 4. The van der Waals surface area contributed by atoms with Crippen molar-refractivity contribution in [3.63, 3.8) is 0 Å². The maximum absolute atomic E-state index is 9.30. The minimum atomic E-state index is -0.580. The van der Waals surface area contributed by atoms with Crippen molar-refractivity contribution in [2.24, 2.45) is 0 Å². The lowest BCUT2D eigenvalue weighted by Gasteiger charge is -2.27. The molecule has 12 aromatic rings. The van der Waals surface area contributed by atoms with Gasteiger partial charge in [0.05, 0.1) is 48.7 Å². The Bertz CT molecular complexity index is 5170. The molecule has 0 spiro atoms. The van der Waals surface area contributed by atoms with E-state index in [2.05, 4.69) is 103 Å². The second kappa shape index (κ2) is 21.3. The molecule has 0 atom stereocenters. The van der Waals surface area contributed by atoms with E-state index >= 15 is 0 Å². The number of hydrogen-bond acceptors (Lipinski definition) is 5. The molecule has 6 nitrogen and oxygen atoms in total. The Labute approximate surface area is 516 Å². The molecule has 84 heavy (non-hydrogen) atoms. The molecule has 1 aliphatic heterocycles. The van der Waals surface area contributed by atoms with Crippen LogP contribution in [0.5, 0.6) is 23.0 Å². The first-order valence-corrected chi connectivity index (χ1v) is 28.0. The van der Waals surface area contributed by atoms with E-state index in [0.29, 0.717) is 57.0 Å². The van der Waals surface area contributed by atoms with Crippen LogP contribution in [0.3, 0.4) is 0 Å². The molecule has 0 saturated carbocycles. The number of aromatic nitrogens is 2. The van der Waals surface area contributed by atoms with Gasteiger partial charge in [0.1, 0.15) is 35.5 Å². The minimum absolute atomic E-state index is 0.00604. The molecule has 0 bridgehead atoms. The van der Waals surface area contributed by atoms with E-state index in [1.165, 1.54) is 0 Å². The van der Waals surface area contributed by atoms with Gasteiger partial charge in [-0.2, -0.15) is 0 Å². The predicted molar refractivity (Wildman–Crippen MR) is 351 cm³/mol. The molecule has 2 aromatic heterocycles. The molecule has 1 aliphatic rings. The molecule has 6 heteroatoms. The number of rotatable bonds is 11. The van der Waals surface area contributed by atoms with Crippen LogP contribution in [0.25, 0.3) is 72.1 Å². The lowest BCUT2D eigenvalue weighted by atomic mass is 9.82. The first-order chi connectivity index (χ1) is 46.7. The van der Waals surface area contributed by atoms with Gasteiger partial charge in [-0.3, -0.25) is 4.57 Å². The van der Waals surface area contributed by atoms with Crippen LogP contribution in [0, 0.1) is 0 Å². The van der Waals surface area contributed by atoms with Crippen LogP contribution < -0.4 is 19.3 Å². The molecular formula is C78H70N4O2. The molecule has 13 rings (SSSR count). The Morgan fingerprint density at radius 1 is 0.405 bits per heavy atom. The maximum Gasteiger partial charge on any atom is 0.143 e. The highest BCUT2D eigenvalue weighted by molar-refractivity contribution is 6.10. The van der Waals surface area contributed by atoms with Gasteiger partial charge >= 0.3 is 0 Å². The van der Waals surface area contributed by atoms with Crippen LogP contribution in [0.1, 0.15) is 99.6 Å². The zero-order chi connectivity index (χ0) is 71.0. The summed E-state index contributed by atoms with van der Waals surface area (Å²) >= 11 is 0. The summed E-state index contributed by atoms with van der Waals surface area (Å²) < 4.78 is 149. The fourth-order valence-corrected chi connectivity index (χ4v) is 11.1. The van der Waals surface area contributed by atoms with Crippen LogP contribution >= 0.6 is 0 Å². The third-order valence-electron chi connectivity index (χ3n) is 15.5. The largest absolute Gasteiger partial charge is 0.457 e. The highest BCUT2D eigenvalue weighted by Crippen LogP contribution is 2.51. The SMILES string of the molecule is [2H]c1c([2H])c([2H])c(-c2cc(C(C)(C)C)cc(-c3ccc(C(C)(C)C)cc3)c2Oc2ccnc(-n3c4ccc(C(C)(C)C)cc4c4ccc(Oc5cccc(N6CN(c7c(-c8c([2H])c([2H])c([2H])c([2H])c8[2H])cccc7-c7c([2H])c([2H])c([2H])c([2H])c7[2H])c7ccccc76)c5)cc43)c2)c([2H])c1[2H]. The van der Waals surface area contributed by atoms with Crippen molar-refractivity contribution in [2.45, 2.75) is 78.6 Å². The van der Waals surface area contributed by atoms with Gasteiger partial charge in [0.25, 0.3) is 0 Å². The first-order valence-electron chi connectivity index (χ1n) is 35.5. The average molecular weight is 1110 g/mol. The van der Waals surface area contributed by atoms with E-state index in [-0.39, 0.29) is 63.1 Å². The lowest BCUT2D eigenvalue weighted by molar-refractivity contribution is 0.483. The normalized spacial score (nSPS) is 15.2. The van der Waals surface area contributed by atoms with Crippen molar-refractivity contribution in [1.82, 2.24) is 9.55 Å². The van der Waals surface area contributed by atoms with Crippen LogP contribution in [-0.4, -0.2) is 16.2 Å². The van der Waals surface area contributed by atoms with Gasteiger partial charge in [-0.25, -0.2) is 4.98 Å². The minimum Gasteiger partial charge on any atom is -0.457 e. The van der Waals surface area contributed by atoms with Gasteiger partial charge in [0, 0.05) is 63.1 Å². The van der Waals surface area contributed by atoms with E-state index < -0.39 is 84.0 Å². The van der Waals surface area contributed by atoms with E-state index in [1.807, 2.05) is 101 Å². The van der Waals surface area contributed by atoms with Gasteiger partial charge in [-0.05, 0) is 122 Å². The fraction of sp³-hybridized carbons (Fsp3) is 0.167. The Balaban J connectivity index is 0.925. The van der Waals surface area contributed by atoms with Crippen LogP contribution in [0.2, 0.25) is 0 Å². The number of hydrogen-bond donors (Lipinski definition) is 0. The molecule has 3 heterocycles. The third-order valence-corrected chi connectivity index (χ3v) is 15.5. The zero-order valence-corrected chi connectivity index (χ0v) is 48.3. The zero-order valence-electron chi connectivity index (χ0n) is 63.3. The second-order valence-electron chi connectivity index (χ2n) is 24.2. The third kappa shape index (κ3) is 10.3. The summed E-state index contributed by atoms with van der Waals surface area (Å²) in [6.07, 6.45) is 1.66. The highest BCUT2D eigenvalue weighted by Gasteiger charge is 2.32. The molecular weight excluding hydrogens is 1020 g/mol. The number of ether oxygens (including phenoxy) is 2. The number of anilines is 4. The van der Waals surface area contributed by atoms with Gasteiger partial charge < -0.3 is 19.3 Å². The second-order valence-corrected chi connectivity index (χ2v) is 24.2. The highest BCUT2D eigenvalue weighted by atomic mass is 16.5. The molecule has 0 aliphatic carbocycles. The fourth-order valence-electron chi connectivity index (χ4n) is 11.1. The van der Waals surface area contributed by atoms with Crippen LogP contribution in [0.4, 0.5) is 22.7 Å². The van der Waals surface area contributed by atoms with Crippen LogP contribution in [-0.2, 0) is 16.2 Å². The first kappa shape index (κ1) is 38.9. The van der Waals surface area contributed by atoms with Crippen molar-refractivity contribution in [2.75, 3.05) is 16.5 Å². The lowest BCUT2D eigenvalue weighted by Crippen LogP contribution is -2.24. The molecule has 0 radical (unpaired) electrons. The monoisotopic (exact) mass is 1110 g/mol. The molecule has 0 amide bonds. The van der Waals surface area contributed by atoms with Crippen LogP contribution in [0.15, 0.2) is 248 Å². The Hall–Kier alpha value is -9.65. The molecule has 414 valence electrons. The predicted octanol–water partition coefficient (Wildman–Crippen LogP) is 21.6. The molecule has 10 aromatic carbocycles. The van der Waals surface area contributed by atoms with Crippen molar-refractivity contribution in [1.29, 1.82) is 0 Å². The van der Waals surface area contributed by atoms with E-state index in [4.69, 9.17) is 32.3 Å². The van der Waals surface area contributed by atoms with Gasteiger partial charge in [0.2, 0.25) is 0 Å². The summed E-state index contributed by atoms with van der Waals surface area (Å²) in [5, 5.41) is 1.87. The summed E-state index contributed by atoms with van der Waals surface area (Å²) in [5.41, 5.74) is 8.02. The Morgan fingerprint density at radius 3 is 1.57 bits per heavy atom. The Kier molecular flexibility index (Phi) is 9.86. The van der Waals surface area contributed by atoms with Gasteiger partial charge in [0.15, 0.2) is 0 Å². The van der Waals surface area contributed by atoms with E-state index in [9.17, 15) is 2.74 Å². The summed E-state index contributed by atoms with van der Waals surface area (Å²) in [6, 6.07) is 40.4. The van der Waals surface area contributed by atoms with E-state index in [1.54, 1.807) is 30.5 Å². The standard InChI is InChI=1S/C78H70N4O2/c1-76(2,3)56-37-35-55(36-38-56)67-47-58(78(7,8)9)46-66(54-27-17-12-18-28-54)75(67)84-62-43-44-79-73(50-62)82-69-42-39-57(77(4,5)6)45-68(69)65-41-40-61(49-72(65)82)83-60-30-21-29-59(48-60)80-51-81(71-34-20-19-33-70(71)80)74-63(52-23-13-10-14-24-52)31-22-32-64(74)53-25-15-11-16-26-53/h10-50H,51H2,1-9H3/i10D,11D,12D,13D,14D,15D,16D,17D,18D,23D,24D,25D,26D,27D,28D. The van der Waals surface area contributed by atoms with Crippen molar-refractivity contribution in [3.8, 4) is 73.3 Å². The van der Waals surface area contributed by atoms with Crippen molar-refractivity contribution >= 4 is 44.6 Å². The smallest absolute Gasteiger partial charge is 0.143 e. The van der Waals surface area contributed by atoms with Gasteiger partial charge in [-0.15, -0.1) is 0 Å². The van der Waals surface area contributed by atoms with Crippen molar-refractivity contribution in [3.05, 3.63) is 265 Å². The van der Waals surface area contributed by atoms with E-state index in [0.717, 1.165) is 44.1 Å². The molecule has 0 fully saturated rings. The number of para-hydroxylation sites is 3. The maximum atomic E-state index is 9.30. The van der Waals surface area contributed by atoms with Crippen molar-refractivity contribution < 1.29 is 30.0 Å². The summed E-state index contributed by atoms with van der Waals surface area (Å²) in [4.78, 5) is 8.89. The Morgan fingerprint density at radius 2 is 0.952 bits per heavy atom. The molecule has 0 N–H and O–H groups in total. The number of fused-ring (bicyclic) bond motifs is 4. The topological polar surface area (TPSA) is 42.8 Å². The summed E-state index contributed by atoms with van der Waals surface area (Å²) in [5.74, 6) is 2.08. The summed E-state index contributed by atoms with van der Waals surface area (Å²) in [6.45, 7) is 19.2. The quantitative estimate of drug-likeness (QED) is 0.129.